The molecule has 1 nitrogen and oxygen atoms in total. The summed E-state index contributed by atoms with van der Waals surface area (Å²) in [5, 5.41) is 0. The highest BCUT2D eigenvalue weighted by Gasteiger charge is 1.83. The molecule has 0 amide bonds. The van der Waals surface area contributed by atoms with Crippen molar-refractivity contribution < 1.29 is 4.74 Å². The molecular weight excluding hydrogens is 160 g/mol. The number of hydrogen-bond donors (Lipinski definition) is 0. The van der Waals surface area contributed by atoms with E-state index in [1.54, 1.807) is 6.26 Å². The summed E-state index contributed by atoms with van der Waals surface area (Å²) in [5.41, 5.74) is 0. The molecule has 0 saturated carbocycles. The van der Waals surface area contributed by atoms with Gasteiger partial charge in [-0.1, -0.05) is 39.0 Å². The highest BCUT2D eigenvalue weighted by Crippen LogP contribution is 2.08. The van der Waals surface area contributed by atoms with Crippen LogP contribution in [0.4, 0.5) is 0 Å². The van der Waals surface area contributed by atoms with Gasteiger partial charge in [-0.05, 0) is 24.6 Å². The van der Waals surface area contributed by atoms with E-state index in [0.717, 1.165) is 12.2 Å². The summed E-state index contributed by atoms with van der Waals surface area (Å²) in [5.74, 6) is 0.886. The van der Waals surface area contributed by atoms with Crippen molar-refractivity contribution in [3.8, 4) is 5.75 Å². The van der Waals surface area contributed by atoms with Crippen LogP contribution in [0.2, 0.25) is 0 Å². The van der Waals surface area contributed by atoms with Crippen LogP contribution in [0.15, 0.2) is 42.7 Å². The number of rotatable bonds is 3. The van der Waals surface area contributed by atoms with Crippen LogP contribution in [0.5, 0.6) is 5.75 Å². The van der Waals surface area contributed by atoms with Gasteiger partial charge < -0.3 is 4.74 Å². The Kier molecular flexibility index (Phi) is 8.01. The second-order valence-electron chi connectivity index (χ2n) is 2.21. The first-order valence-electron chi connectivity index (χ1n) is 4.80. The Morgan fingerprint density at radius 1 is 1.15 bits per heavy atom. The minimum Gasteiger partial charge on any atom is -0.465 e. The van der Waals surface area contributed by atoms with Gasteiger partial charge in [0.1, 0.15) is 5.75 Å². The SMILES string of the molecule is CC.CC/C=C\Oc1ccccc1. The molecule has 0 aromatic heterocycles. The molecule has 0 saturated heterocycles. The molecule has 1 aromatic carbocycles. The van der Waals surface area contributed by atoms with Crippen molar-refractivity contribution in [2.75, 3.05) is 0 Å². The average Bonchev–Trinajstić information content (AvgIpc) is 2.23. The molecule has 72 valence electrons. The van der Waals surface area contributed by atoms with Gasteiger partial charge in [-0.2, -0.15) is 0 Å². The molecule has 1 aromatic rings. The fourth-order valence-corrected chi connectivity index (χ4v) is 0.722. The number of hydrogen-bond acceptors (Lipinski definition) is 1. The van der Waals surface area contributed by atoms with E-state index in [1.165, 1.54) is 0 Å². The van der Waals surface area contributed by atoms with Crippen molar-refractivity contribution in [1.82, 2.24) is 0 Å². The van der Waals surface area contributed by atoms with E-state index in [2.05, 4.69) is 6.92 Å². The molecule has 0 aliphatic rings. The van der Waals surface area contributed by atoms with E-state index in [1.807, 2.05) is 50.3 Å². The maximum absolute atomic E-state index is 5.27. The number of ether oxygens (including phenoxy) is 1. The van der Waals surface area contributed by atoms with Crippen LogP contribution in [0.1, 0.15) is 27.2 Å². The normalized spacial score (nSPS) is 9.15. The summed E-state index contributed by atoms with van der Waals surface area (Å²) in [7, 11) is 0. The Balaban J connectivity index is 0.000000671. The fourth-order valence-electron chi connectivity index (χ4n) is 0.722. The van der Waals surface area contributed by atoms with Crippen LogP contribution in [-0.2, 0) is 0 Å². The lowest BCUT2D eigenvalue weighted by Gasteiger charge is -1.96. The summed E-state index contributed by atoms with van der Waals surface area (Å²) >= 11 is 0. The largest absolute Gasteiger partial charge is 0.465 e. The zero-order valence-electron chi connectivity index (χ0n) is 8.66. The van der Waals surface area contributed by atoms with Crippen molar-refractivity contribution in [3.63, 3.8) is 0 Å². The number of para-hydroxylation sites is 1. The smallest absolute Gasteiger partial charge is 0.126 e. The molecule has 0 bridgehead atoms. The van der Waals surface area contributed by atoms with Crippen LogP contribution in [0.25, 0.3) is 0 Å². The van der Waals surface area contributed by atoms with E-state index < -0.39 is 0 Å². The van der Waals surface area contributed by atoms with Crippen molar-refractivity contribution in [1.29, 1.82) is 0 Å². The van der Waals surface area contributed by atoms with E-state index >= 15 is 0 Å². The molecular formula is C12H18O. The summed E-state index contributed by atoms with van der Waals surface area (Å²) < 4.78 is 5.27. The summed E-state index contributed by atoms with van der Waals surface area (Å²) in [6.45, 7) is 6.07. The third-order valence-electron chi connectivity index (χ3n) is 1.28. The lowest BCUT2D eigenvalue weighted by molar-refractivity contribution is 0.479. The zero-order valence-corrected chi connectivity index (χ0v) is 8.66. The first-order valence-corrected chi connectivity index (χ1v) is 4.80. The molecule has 0 atom stereocenters. The van der Waals surface area contributed by atoms with E-state index in [-0.39, 0.29) is 0 Å². The Bertz CT molecular complexity index is 214. The lowest BCUT2D eigenvalue weighted by Crippen LogP contribution is -1.79. The minimum absolute atomic E-state index is 0.886. The van der Waals surface area contributed by atoms with Crippen molar-refractivity contribution >= 4 is 0 Å². The predicted molar refractivity (Wildman–Crippen MR) is 57.8 cm³/mol. The second kappa shape index (κ2) is 8.85. The first-order chi connectivity index (χ1) is 6.43. The average molecular weight is 178 g/mol. The molecule has 1 heteroatoms. The lowest BCUT2D eigenvalue weighted by atomic mass is 10.3. The van der Waals surface area contributed by atoms with Gasteiger partial charge in [0.25, 0.3) is 0 Å². The zero-order chi connectivity index (χ0) is 9.94. The van der Waals surface area contributed by atoms with Crippen molar-refractivity contribution in [2.45, 2.75) is 27.2 Å². The van der Waals surface area contributed by atoms with Gasteiger partial charge in [-0.25, -0.2) is 0 Å². The van der Waals surface area contributed by atoms with Gasteiger partial charge in [0, 0.05) is 0 Å². The molecule has 0 fully saturated rings. The van der Waals surface area contributed by atoms with Gasteiger partial charge in [0.05, 0.1) is 6.26 Å². The third kappa shape index (κ3) is 5.97. The Morgan fingerprint density at radius 2 is 1.77 bits per heavy atom. The van der Waals surface area contributed by atoms with Crippen molar-refractivity contribution in [2.24, 2.45) is 0 Å². The molecule has 0 N–H and O–H groups in total. The van der Waals surface area contributed by atoms with Crippen LogP contribution < -0.4 is 4.74 Å². The molecule has 0 unspecified atom stereocenters. The fraction of sp³-hybridized carbons (Fsp3) is 0.333. The van der Waals surface area contributed by atoms with E-state index in [0.29, 0.717) is 0 Å². The molecule has 0 aliphatic heterocycles. The number of allylic oxidation sites excluding steroid dienone is 1. The summed E-state index contributed by atoms with van der Waals surface area (Å²) in [4.78, 5) is 0. The topological polar surface area (TPSA) is 9.23 Å². The van der Waals surface area contributed by atoms with Crippen LogP contribution in [0, 0.1) is 0 Å². The molecule has 0 heterocycles. The predicted octanol–water partition coefficient (Wildman–Crippen LogP) is 4.02. The van der Waals surface area contributed by atoms with Crippen LogP contribution in [-0.4, -0.2) is 0 Å². The Labute approximate surface area is 81.1 Å². The van der Waals surface area contributed by atoms with E-state index in [4.69, 9.17) is 4.74 Å². The van der Waals surface area contributed by atoms with Crippen LogP contribution >= 0.6 is 0 Å². The third-order valence-corrected chi connectivity index (χ3v) is 1.28. The minimum atomic E-state index is 0.886. The molecule has 0 aliphatic carbocycles. The highest BCUT2D eigenvalue weighted by atomic mass is 16.5. The molecule has 13 heavy (non-hydrogen) atoms. The van der Waals surface area contributed by atoms with Gasteiger partial charge >= 0.3 is 0 Å². The standard InChI is InChI=1S/C10H12O.C2H6/c1-2-3-9-11-10-7-5-4-6-8-10;1-2/h3-9H,2H2,1H3;1-2H3/b9-3-;. The summed E-state index contributed by atoms with van der Waals surface area (Å²) in [6, 6.07) is 9.74. The second-order valence-corrected chi connectivity index (χ2v) is 2.21. The molecule has 1 rings (SSSR count). The van der Waals surface area contributed by atoms with Gasteiger partial charge in [-0.3, -0.25) is 0 Å². The quantitative estimate of drug-likeness (QED) is 0.635. The Morgan fingerprint density at radius 3 is 2.31 bits per heavy atom. The summed E-state index contributed by atoms with van der Waals surface area (Å²) in [6.07, 6.45) is 4.70. The monoisotopic (exact) mass is 178 g/mol. The van der Waals surface area contributed by atoms with Gasteiger partial charge in [-0.15, -0.1) is 0 Å². The first kappa shape index (κ1) is 11.8. The Hall–Kier alpha value is -1.24. The maximum Gasteiger partial charge on any atom is 0.126 e. The van der Waals surface area contributed by atoms with Gasteiger partial charge in [0.15, 0.2) is 0 Å². The highest BCUT2D eigenvalue weighted by molar-refractivity contribution is 5.21. The number of benzene rings is 1. The maximum atomic E-state index is 5.27. The van der Waals surface area contributed by atoms with E-state index in [9.17, 15) is 0 Å². The van der Waals surface area contributed by atoms with Crippen LogP contribution in [0.3, 0.4) is 0 Å². The van der Waals surface area contributed by atoms with Gasteiger partial charge in [0.2, 0.25) is 0 Å². The molecule has 0 radical (unpaired) electrons. The molecule has 0 spiro atoms. The van der Waals surface area contributed by atoms with Crippen molar-refractivity contribution in [3.05, 3.63) is 42.7 Å².